The van der Waals surface area contributed by atoms with Gasteiger partial charge in [0.2, 0.25) is 0 Å². The molecule has 0 saturated heterocycles. The van der Waals surface area contributed by atoms with E-state index < -0.39 is 15.4 Å². The number of nitrogens with one attached hydrogen (secondary N) is 2. The third-order valence-corrected chi connectivity index (χ3v) is 7.78. The van der Waals surface area contributed by atoms with Crippen LogP contribution in [0.2, 0.25) is 0 Å². The van der Waals surface area contributed by atoms with Gasteiger partial charge >= 0.3 is 0 Å². The van der Waals surface area contributed by atoms with E-state index in [2.05, 4.69) is 27.6 Å². The molecule has 0 aliphatic rings. The second-order valence-corrected chi connectivity index (χ2v) is 10.6. The number of para-hydroxylation sites is 2. The van der Waals surface area contributed by atoms with Crippen molar-refractivity contribution in [1.29, 1.82) is 0 Å². The van der Waals surface area contributed by atoms with E-state index in [0.717, 1.165) is 33.2 Å². The number of rotatable bonds is 5. The first kappa shape index (κ1) is 23.5. The van der Waals surface area contributed by atoms with Crippen LogP contribution in [0, 0.1) is 18.8 Å². The second kappa shape index (κ2) is 9.41. The van der Waals surface area contributed by atoms with Crippen LogP contribution in [0.15, 0.2) is 114 Å². The molecule has 0 saturated carbocycles. The smallest absolute Gasteiger partial charge is 0.261 e. The predicted octanol–water partition coefficient (Wildman–Crippen LogP) is 6.63. The Balaban J connectivity index is 1.68. The van der Waals surface area contributed by atoms with Gasteiger partial charge in [0, 0.05) is 22.7 Å². The van der Waals surface area contributed by atoms with E-state index in [1.165, 1.54) is 0 Å². The fraction of sp³-hybridized carbons (Fsp3) is 0.0968. The maximum absolute atomic E-state index is 13.3. The number of aromatic nitrogens is 1. The minimum absolute atomic E-state index is 0.215. The molecule has 1 atom stereocenters. The largest absolute Gasteiger partial charge is 0.361 e. The summed E-state index contributed by atoms with van der Waals surface area (Å²) in [4.78, 5) is 3.57. The van der Waals surface area contributed by atoms with Gasteiger partial charge in [0.1, 0.15) is 0 Å². The van der Waals surface area contributed by atoms with Gasteiger partial charge in [0.15, 0.2) is 0 Å². The third-order valence-electron chi connectivity index (χ3n) is 6.40. The average Bonchev–Trinajstić information content (AvgIpc) is 3.33. The van der Waals surface area contributed by atoms with Crippen molar-refractivity contribution in [1.82, 2.24) is 4.98 Å². The SMILES string of the molecule is Cc1ccc(S(=O)(=O)Nc2ccccc2C(C)(C#Cc2ccccc2)c2c[nH]c3ccccc23)cc1. The molecule has 0 spiro atoms. The van der Waals surface area contributed by atoms with E-state index in [1.807, 2.05) is 86.8 Å². The highest BCUT2D eigenvalue weighted by Gasteiger charge is 2.33. The molecular weight excluding hydrogens is 464 g/mol. The first-order valence-corrected chi connectivity index (χ1v) is 13.2. The van der Waals surface area contributed by atoms with Crippen LogP contribution < -0.4 is 4.72 Å². The molecule has 0 amide bonds. The van der Waals surface area contributed by atoms with Gasteiger partial charge in [-0.25, -0.2) is 8.42 Å². The molecule has 1 heterocycles. The lowest BCUT2D eigenvalue weighted by Gasteiger charge is -2.27. The minimum atomic E-state index is -3.80. The summed E-state index contributed by atoms with van der Waals surface area (Å²) in [5.74, 6) is 6.82. The van der Waals surface area contributed by atoms with Crippen LogP contribution in [0.4, 0.5) is 5.69 Å². The molecule has 178 valence electrons. The van der Waals surface area contributed by atoms with Gasteiger partial charge in [-0.15, -0.1) is 0 Å². The Kier molecular flexibility index (Phi) is 6.13. The molecule has 5 aromatic rings. The molecule has 5 rings (SSSR count). The Morgan fingerprint density at radius 2 is 1.44 bits per heavy atom. The topological polar surface area (TPSA) is 62.0 Å². The fourth-order valence-corrected chi connectivity index (χ4v) is 5.49. The van der Waals surface area contributed by atoms with Crippen LogP contribution in [0.25, 0.3) is 10.9 Å². The van der Waals surface area contributed by atoms with Gasteiger partial charge in [-0.1, -0.05) is 84.1 Å². The van der Waals surface area contributed by atoms with Crippen molar-refractivity contribution in [2.75, 3.05) is 4.72 Å². The molecule has 1 aromatic heterocycles. The molecule has 0 aliphatic carbocycles. The Bertz CT molecular complexity index is 1690. The summed E-state index contributed by atoms with van der Waals surface area (Å²) in [6, 6.07) is 32.2. The van der Waals surface area contributed by atoms with Gasteiger partial charge in [0.05, 0.1) is 16.0 Å². The fourth-order valence-electron chi connectivity index (χ4n) is 4.41. The zero-order valence-electron chi connectivity index (χ0n) is 20.1. The molecule has 0 aliphatic heterocycles. The Morgan fingerprint density at radius 3 is 2.22 bits per heavy atom. The van der Waals surface area contributed by atoms with Crippen molar-refractivity contribution < 1.29 is 8.42 Å². The number of sulfonamides is 1. The van der Waals surface area contributed by atoms with Crippen molar-refractivity contribution in [2.24, 2.45) is 0 Å². The zero-order chi connectivity index (χ0) is 25.2. The van der Waals surface area contributed by atoms with Crippen LogP contribution in [-0.4, -0.2) is 13.4 Å². The Morgan fingerprint density at radius 1 is 0.778 bits per heavy atom. The number of H-pyrrole nitrogens is 1. The van der Waals surface area contributed by atoms with Gasteiger partial charge in [-0.3, -0.25) is 4.72 Å². The number of hydrogen-bond donors (Lipinski definition) is 2. The monoisotopic (exact) mass is 490 g/mol. The summed E-state index contributed by atoms with van der Waals surface area (Å²) in [5, 5.41) is 1.04. The van der Waals surface area contributed by atoms with Crippen molar-refractivity contribution in [2.45, 2.75) is 24.2 Å². The molecule has 1 unspecified atom stereocenters. The highest BCUT2D eigenvalue weighted by molar-refractivity contribution is 7.92. The van der Waals surface area contributed by atoms with Crippen LogP contribution in [0.5, 0.6) is 0 Å². The average molecular weight is 491 g/mol. The summed E-state index contributed by atoms with van der Waals surface area (Å²) in [5.41, 5.74) is 4.31. The number of hydrogen-bond acceptors (Lipinski definition) is 2. The maximum Gasteiger partial charge on any atom is 0.261 e. The van der Waals surface area contributed by atoms with Gasteiger partial charge < -0.3 is 4.98 Å². The summed E-state index contributed by atoms with van der Waals surface area (Å²) in [7, 11) is -3.80. The molecule has 0 fully saturated rings. The Labute approximate surface area is 212 Å². The summed E-state index contributed by atoms with van der Waals surface area (Å²) >= 11 is 0. The van der Waals surface area contributed by atoms with Crippen molar-refractivity contribution in [3.8, 4) is 11.8 Å². The molecule has 4 nitrogen and oxygen atoms in total. The van der Waals surface area contributed by atoms with Crippen LogP contribution in [0.1, 0.15) is 29.2 Å². The number of benzene rings is 4. The lowest BCUT2D eigenvalue weighted by atomic mass is 9.75. The van der Waals surface area contributed by atoms with Gasteiger partial charge in [-0.05, 0) is 61.4 Å². The highest BCUT2D eigenvalue weighted by atomic mass is 32.2. The molecular formula is C31H26N2O2S. The molecule has 4 aromatic carbocycles. The second-order valence-electron chi connectivity index (χ2n) is 8.95. The van der Waals surface area contributed by atoms with Crippen molar-refractivity contribution in [3.63, 3.8) is 0 Å². The van der Waals surface area contributed by atoms with E-state index in [-0.39, 0.29) is 4.90 Å². The molecule has 0 bridgehead atoms. The van der Waals surface area contributed by atoms with Gasteiger partial charge in [-0.2, -0.15) is 0 Å². The number of fused-ring (bicyclic) bond motifs is 1. The van der Waals surface area contributed by atoms with Crippen LogP contribution in [-0.2, 0) is 15.4 Å². The maximum atomic E-state index is 13.3. The Hall–Kier alpha value is -4.27. The normalized spacial score (nSPS) is 12.9. The lowest BCUT2D eigenvalue weighted by Crippen LogP contribution is -2.24. The summed E-state index contributed by atoms with van der Waals surface area (Å²) in [6.45, 7) is 3.97. The molecule has 0 radical (unpaired) electrons. The number of aryl methyl sites for hydroxylation is 1. The third kappa shape index (κ3) is 4.51. The van der Waals surface area contributed by atoms with Crippen molar-refractivity contribution >= 4 is 26.6 Å². The number of anilines is 1. The van der Waals surface area contributed by atoms with E-state index in [1.54, 1.807) is 30.3 Å². The van der Waals surface area contributed by atoms with Crippen LogP contribution >= 0.6 is 0 Å². The van der Waals surface area contributed by atoms with E-state index >= 15 is 0 Å². The lowest BCUT2D eigenvalue weighted by molar-refractivity contribution is 0.601. The van der Waals surface area contributed by atoms with Crippen molar-refractivity contribution in [3.05, 3.63) is 132 Å². The first-order valence-electron chi connectivity index (χ1n) is 11.7. The number of aromatic amines is 1. The quantitative estimate of drug-likeness (QED) is 0.272. The summed E-state index contributed by atoms with van der Waals surface area (Å²) in [6.07, 6.45) is 1.97. The highest BCUT2D eigenvalue weighted by Crippen LogP contribution is 2.40. The first-order chi connectivity index (χ1) is 17.4. The van der Waals surface area contributed by atoms with E-state index in [4.69, 9.17) is 0 Å². The zero-order valence-corrected chi connectivity index (χ0v) is 20.9. The van der Waals surface area contributed by atoms with E-state index in [0.29, 0.717) is 5.69 Å². The minimum Gasteiger partial charge on any atom is -0.361 e. The molecule has 2 N–H and O–H groups in total. The molecule has 5 heteroatoms. The standard InChI is InChI=1S/C31H26N2O2S/c1-23-16-18-25(19-17-23)36(34,35)33-30-15-9-7-13-27(30)31(2,21-20-24-10-4-3-5-11-24)28-22-32-29-14-8-6-12-26(28)29/h3-19,22,32-33H,1-2H3. The van der Waals surface area contributed by atoms with E-state index in [9.17, 15) is 8.42 Å². The van der Waals surface area contributed by atoms with Gasteiger partial charge in [0.25, 0.3) is 10.0 Å². The summed E-state index contributed by atoms with van der Waals surface area (Å²) < 4.78 is 29.5. The van der Waals surface area contributed by atoms with Crippen LogP contribution in [0.3, 0.4) is 0 Å². The molecule has 36 heavy (non-hydrogen) atoms. The predicted molar refractivity (Wildman–Crippen MR) is 147 cm³/mol.